The molecule has 2 aromatic rings. The van der Waals surface area contributed by atoms with Crippen LogP contribution < -0.4 is 10.6 Å². The van der Waals surface area contributed by atoms with Gasteiger partial charge >= 0.3 is 0 Å². The van der Waals surface area contributed by atoms with Gasteiger partial charge in [0.15, 0.2) is 17.3 Å². The van der Waals surface area contributed by atoms with Crippen molar-refractivity contribution in [1.82, 2.24) is 0 Å². The molecule has 0 fully saturated rings. The third kappa shape index (κ3) is 4.69. The first kappa shape index (κ1) is 27.1. The lowest BCUT2D eigenvalue weighted by Crippen LogP contribution is -2.40. The third-order valence-corrected chi connectivity index (χ3v) is 7.62. The lowest BCUT2D eigenvalue weighted by atomic mass is 9.64. The Kier molecular flexibility index (Phi) is 7.42. The monoisotopic (exact) mass is 520 g/mol. The van der Waals surface area contributed by atoms with E-state index in [-0.39, 0.29) is 35.7 Å². The van der Waals surface area contributed by atoms with E-state index in [1.54, 1.807) is 30.3 Å². The van der Waals surface area contributed by atoms with Crippen molar-refractivity contribution in [3.63, 3.8) is 0 Å². The fourth-order valence-corrected chi connectivity index (χ4v) is 5.89. The number of Topliss-reactive ketones (excluding diaryl/α,β-unsaturated/α-hetero) is 3. The van der Waals surface area contributed by atoms with Crippen LogP contribution in [-0.4, -0.2) is 59.3 Å². The van der Waals surface area contributed by atoms with Gasteiger partial charge in [-0.05, 0) is 55.2 Å². The highest BCUT2D eigenvalue weighted by Crippen LogP contribution is 2.50. The van der Waals surface area contributed by atoms with E-state index < -0.39 is 47.4 Å². The van der Waals surface area contributed by atoms with Crippen LogP contribution in [0.25, 0.3) is 11.1 Å². The number of rotatable bonds is 8. The molecular weight excluding hydrogens is 488 g/mol. The molecule has 3 unspecified atom stereocenters. The molecule has 9 heteroatoms. The molecule has 2 aliphatic rings. The van der Waals surface area contributed by atoms with E-state index in [9.17, 15) is 34.5 Å². The summed E-state index contributed by atoms with van der Waals surface area (Å²) in [4.78, 5) is 51.8. The molecule has 0 saturated carbocycles. The average molecular weight is 521 g/mol. The first-order valence-electron chi connectivity index (χ1n) is 12.5. The van der Waals surface area contributed by atoms with Crippen LogP contribution in [0.3, 0.4) is 0 Å². The predicted molar refractivity (Wildman–Crippen MR) is 141 cm³/mol. The number of amides is 1. The number of hydrogen-bond donors (Lipinski definition) is 4. The average Bonchev–Trinajstić information content (AvgIpc) is 2.83. The minimum atomic E-state index is -1.14. The number of nitrogens with zero attached hydrogens (tertiary/aromatic N) is 1. The number of carbonyl (C=O) groups is 4. The second-order valence-corrected chi connectivity index (χ2v) is 10.3. The van der Waals surface area contributed by atoms with E-state index in [2.05, 4.69) is 0 Å². The number of aromatic hydroxyl groups is 1. The van der Waals surface area contributed by atoms with Gasteiger partial charge < -0.3 is 26.0 Å². The van der Waals surface area contributed by atoms with Crippen molar-refractivity contribution in [3.05, 3.63) is 58.4 Å². The maximum atomic E-state index is 13.9. The Balaban J connectivity index is 1.89. The van der Waals surface area contributed by atoms with Crippen LogP contribution in [0, 0.1) is 17.8 Å². The number of phenolic OH excluding ortho intramolecular Hbond substituents is 1. The molecule has 2 aliphatic carbocycles. The summed E-state index contributed by atoms with van der Waals surface area (Å²) < 4.78 is 0. The van der Waals surface area contributed by atoms with Gasteiger partial charge in [0.05, 0.1) is 17.9 Å². The zero-order valence-electron chi connectivity index (χ0n) is 21.7. The lowest BCUT2D eigenvalue weighted by Gasteiger charge is -2.39. The molecule has 200 valence electrons. The molecule has 1 amide bonds. The van der Waals surface area contributed by atoms with Gasteiger partial charge in [0.1, 0.15) is 11.5 Å². The molecule has 0 aliphatic heterocycles. The predicted octanol–water partition coefficient (Wildman–Crippen LogP) is 2.96. The highest BCUT2D eigenvalue weighted by Gasteiger charge is 2.46. The molecule has 9 nitrogen and oxygen atoms in total. The zero-order chi connectivity index (χ0) is 27.9. The number of primary amides is 1. The third-order valence-electron chi connectivity index (χ3n) is 7.62. The lowest BCUT2D eigenvalue weighted by molar-refractivity contribution is -0.130. The molecule has 0 spiro atoms. The normalized spacial score (nSPS) is 20.5. The van der Waals surface area contributed by atoms with Crippen molar-refractivity contribution in [1.29, 1.82) is 0 Å². The summed E-state index contributed by atoms with van der Waals surface area (Å²) in [5.41, 5.74) is 8.20. The number of aliphatic hydroxyl groups excluding tert-OH is 2. The Hall–Kier alpha value is -3.98. The summed E-state index contributed by atoms with van der Waals surface area (Å²) in [6.45, 7) is 1.24. The quantitative estimate of drug-likeness (QED) is 0.305. The molecule has 4 rings (SSSR count). The second kappa shape index (κ2) is 10.4. The van der Waals surface area contributed by atoms with Gasteiger partial charge in [0.25, 0.3) is 0 Å². The summed E-state index contributed by atoms with van der Waals surface area (Å²) >= 11 is 0. The van der Waals surface area contributed by atoms with E-state index in [1.165, 1.54) is 6.92 Å². The summed E-state index contributed by atoms with van der Waals surface area (Å²) in [5, 5.41) is 32.2. The Bertz CT molecular complexity index is 1360. The first-order chi connectivity index (χ1) is 18.0. The van der Waals surface area contributed by atoms with Crippen LogP contribution in [-0.2, 0) is 16.0 Å². The van der Waals surface area contributed by atoms with E-state index >= 15 is 0 Å². The number of fused-ring (bicyclic) bond motifs is 2. The number of ketones is 3. The van der Waals surface area contributed by atoms with Gasteiger partial charge in [-0.3, -0.25) is 19.2 Å². The van der Waals surface area contributed by atoms with Crippen molar-refractivity contribution in [2.75, 3.05) is 25.6 Å². The first-order valence-corrected chi connectivity index (χ1v) is 12.5. The Morgan fingerprint density at radius 1 is 1.11 bits per heavy atom. The minimum Gasteiger partial charge on any atom is -0.511 e. The number of nitrogens with two attached hydrogens (primary N) is 1. The van der Waals surface area contributed by atoms with Crippen LogP contribution in [0.15, 0.2) is 41.7 Å². The fourth-order valence-electron chi connectivity index (χ4n) is 5.89. The molecule has 0 radical (unpaired) electrons. The van der Waals surface area contributed by atoms with Crippen molar-refractivity contribution < 1.29 is 34.5 Å². The zero-order valence-corrected chi connectivity index (χ0v) is 21.7. The van der Waals surface area contributed by atoms with E-state index in [4.69, 9.17) is 5.73 Å². The molecule has 5 N–H and O–H groups in total. The smallest absolute Gasteiger partial charge is 0.224 e. The van der Waals surface area contributed by atoms with Crippen molar-refractivity contribution in [2.24, 2.45) is 23.5 Å². The topological polar surface area (TPSA) is 158 Å². The van der Waals surface area contributed by atoms with Crippen LogP contribution >= 0.6 is 0 Å². The number of phenols is 1. The van der Waals surface area contributed by atoms with Crippen molar-refractivity contribution in [3.8, 4) is 16.9 Å². The summed E-state index contributed by atoms with van der Waals surface area (Å²) in [7, 11) is 3.66. The Morgan fingerprint density at radius 2 is 1.76 bits per heavy atom. The van der Waals surface area contributed by atoms with Crippen molar-refractivity contribution in [2.45, 2.75) is 32.6 Å². The van der Waals surface area contributed by atoms with E-state index in [0.29, 0.717) is 35.1 Å². The summed E-state index contributed by atoms with van der Waals surface area (Å²) in [6, 6.07) is 8.49. The molecule has 0 aromatic heterocycles. The van der Waals surface area contributed by atoms with Crippen molar-refractivity contribution >= 4 is 28.9 Å². The second-order valence-electron chi connectivity index (χ2n) is 10.3. The summed E-state index contributed by atoms with van der Waals surface area (Å²) in [6.07, 6.45) is 0.312. The molecule has 38 heavy (non-hydrogen) atoms. The fraction of sp³-hybridized carbons (Fsp3) is 0.379. The number of hydrogen-bond acceptors (Lipinski definition) is 8. The number of aliphatic hydroxyl groups is 2. The van der Waals surface area contributed by atoms with E-state index in [0.717, 1.165) is 5.69 Å². The number of anilines is 1. The maximum absolute atomic E-state index is 13.9. The molecular formula is C29H32N2O7. The number of carbonyl (C=O) groups excluding carboxylic acids is 4. The number of allylic oxidation sites excluding steroid dienone is 2. The standard InChI is InChI=1S/C29H32N2O7/c1-14(33)15-4-6-16(7-5-15)19-12-21(31(2)3)20-11-18-10-17(8-9-32)24(22(34)13-23(30)35)28(37)25(18)29(38)26(20)27(19)36/h4-7,12,17-18,24,32,36-37H,8-11,13H2,1-3H3,(H2,30,35). The van der Waals surface area contributed by atoms with Crippen LogP contribution in [0.4, 0.5) is 5.69 Å². The number of benzene rings is 2. The van der Waals surface area contributed by atoms with Crippen LogP contribution in [0.5, 0.6) is 5.75 Å². The Morgan fingerprint density at radius 3 is 2.32 bits per heavy atom. The van der Waals surface area contributed by atoms with Crippen LogP contribution in [0.2, 0.25) is 0 Å². The summed E-state index contributed by atoms with van der Waals surface area (Å²) in [5.74, 6) is -4.80. The van der Waals surface area contributed by atoms with Gasteiger partial charge in [-0.15, -0.1) is 0 Å². The molecule has 0 heterocycles. The van der Waals surface area contributed by atoms with Gasteiger partial charge in [-0.2, -0.15) is 0 Å². The molecule has 0 saturated heterocycles. The minimum absolute atomic E-state index is 0.0543. The van der Waals surface area contributed by atoms with Gasteiger partial charge in [-0.1, -0.05) is 24.3 Å². The van der Waals surface area contributed by atoms with E-state index in [1.807, 2.05) is 19.0 Å². The van der Waals surface area contributed by atoms with Crippen LogP contribution in [0.1, 0.15) is 52.5 Å². The Labute approximate surface area is 220 Å². The highest BCUT2D eigenvalue weighted by atomic mass is 16.3. The largest absolute Gasteiger partial charge is 0.511 e. The molecule has 3 atom stereocenters. The van der Waals surface area contributed by atoms with Gasteiger partial charge in [0, 0.05) is 43.1 Å². The molecule has 0 bridgehead atoms. The molecule has 2 aromatic carbocycles. The van der Waals surface area contributed by atoms with Gasteiger partial charge in [0.2, 0.25) is 5.91 Å². The highest BCUT2D eigenvalue weighted by molar-refractivity contribution is 6.16. The maximum Gasteiger partial charge on any atom is 0.224 e. The SMILES string of the molecule is CC(=O)c1ccc(-c2cc(N(C)C)c3c(c2O)C(=O)C2=C(O)C(C(=O)CC(N)=O)C(CCO)CC2C3)cc1. The van der Waals surface area contributed by atoms with Gasteiger partial charge in [-0.25, -0.2) is 0 Å².